The smallest absolute Gasteiger partial charge is 0.165 e. The van der Waals surface area contributed by atoms with E-state index in [0.29, 0.717) is 23.3 Å². The molecule has 2 aromatic rings. The summed E-state index contributed by atoms with van der Waals surface area (Å²) in [6.45, 7) is 0. The van der Waals surface area contributed by atoms with Gasteiger partial charge in [0.1, 0.15) is 17.3 Å². The Labute approximate surface area is 123 Å². The van der Waals surface area contributed by atoms with Crippen LogP contribution in [0.4, 0.5) is 5.82 Å². The van der Waals surface area contributed by atoms with Gasteiger partial charge in [-0.2, -0.15) is 0 Å². The zero-order valence-corrected chi connectivity index (χ0v) is 12.1. The van der Waals surface area contributed by atoms with E-state index in [-0.39, 0.29) is 0 Å². The third kappa shape index (κ3) is 2.75. The second-order valence-electron chi connectivity index (χ2n) is 4.99. The van der Waals surface area contributed by atoms with E-state index in [2.05, 4.69) is 15.4 Å². The number of nitrogens with one attached hydrogen (secondary N) is 1. The van der Waals surface area contributed by atoms with Gasteiger partial charge in [-0.05, 0) is 25.0 Å². The van der Waals surface area contributed by atoms with Gasteiger partial charge in [0.05, 0.1) is 19.8 Å². The number of ether oxygens (including phenoxy) is 2. The molecule has 0 unspecified atom stereocenters. The molecule has 1 aromatic carbocycles. The van der Waals surface area contributed by atoms with Crippen LogP contribution in [-0.4, -0.2) is 24.2 Å². The molecule has 1 aliphatic carbocycles. The minimum atomic E-state index is 0.517. The van der Waals surface area contributed by atoms with Gasteiger partial charge in [0.15, 0.2) is 5.82 Å². The quantitative estimate of drug-likeness (QED) is 0.648. The van der Waals surface area contributed by atoms with Crippen LogP contribution >= 0.6 is 0 Å². The number of methoxy groups -OCH3 is 2. The Bertz CT molecular complexity index is 656. The Balaban J connectivity index is 2.08. The molecular formula is C15H18N4O2. The van der Waals surface area contributed by atoms with Crippen LogP contribution in [0.15, 0.2) is 24.3 Å². The van der Waals surface area contributed by atoms with Crippen molar-refractivity contribution in [1.29, 1.82) is 0 Å². The van der Waals surface area contributed by atoms with Crippen molar-refractivity contribution in [2.45, 2.75) is 18.8 Å². The maximum atomic E-state index is 5.51. The van der Waals surface area contributed by atoms with E-state index in [0.717, 1.165) is 17.0 Å². The van der Waals surface area contributed by atoms with Gasteiger partial charge in [0.25, 0.3) is 0 Å². The number of nitrogens with two attached hydrogens (primary N) is 1. The Morgan fingerprint density at radius 2 is 1.95 bits per heavy atom. The maximum Gasteiger partial charge on any atom is 0.165 e. The van der Waals surface area contributed by atoms with Crippen molar-refractivity contribution in [1.82, 2.24) is 9.97 Å². The van der Waals surface area contributed by atoms with Crippen molar-refractivity contribution in [2.75, 3.05) is 19.6 Å². The lowest BCUT2D eigenvalue weighted by Crippen LogP contribution is -2.10. The number of anilines is 1. The second kappa shape index (κ2) is 5.57. The summed E-state index contributed by atoms with van der Waals surface area (Å²) in [4.78, 5) is 9.08. The van der Waals surface area contributed by atoms with Gasteiger partial charge in [0, 0.05) is 23.7 Å². The maximum absolute atomic E-state index is 5.51. The lowest BCUT2D eigenvalue weighted by Gasteiger charge is -2.11. The molecule has 6 heteroatoms. The highest BCUT2D eigenvalue weighted by Crippen LogP contribution is 2.41. The average molecular weight is 286 g/mol. The molecule has 0 bridgehead atoms. The summed E-state index contributed by atoms with van der Waals surface area (Å²) in [6.07, 6.45) is 2.33. The standard InChI is InChI=1S/C15H18N4O2/c1-20-10-5-6-11(13(7-10)21-2)15-17-12(9-3-4-9)8-14(18-15)19-16/h5-9H,3-4,16H2,1-2H3,(H,17,18,19). The number of hydrogen-bond donors (Lipinski definition) is 2. The zero-order valence-electron chi connectivity index (χ0n) is 12.1. The monoisotopic (exact) mass is 286 g/mol. The predicted molar refractivity (Wildman–Crippen MR) is 80.4 cm³/mol. The van der Waals surface area contributed by atoms with Crippen LogP contribution in [0.5, 0.6) is 11.5 Å². The number of rotatable bonds is 5. The number of hydrazine groups is 1. The van der Waals surface area contributed by atoms with Crippen molar-refractivity contribution in [3.8, 4) is 22.9 Å². The number of hydrogen-bond acceptors (Lipinski definition) is 6. The first-order valence-electron chi connectivity index (χ1n) is 6.83. The van der Waals surface area contributed by atoms with Gasteiger partial charge in [-0.15, -0.1) is 0 Å². The van der Waals surface area contributed by atoms with Crippen molar-refractivity contribution in [3.05, 3.63) is 30.0 Å². The van der Waals surface area contributed by atoms with Crippen LogP contribution in [0.3, 0.4) is 0 Å². The highest BCUT2D eigenvalue weighted by molar-refractivity contribution is 5.67. The normalized spacial score (nSPS) is 13.9. The topological polar surface area (TPSA) is 82.3 Å². The Hall–Kier alpha value is -2.34. The third-order valence-electron chi connectivity index (χ3n) is 3.54. The molecule has 1 fully saturated rings. The van der Waals surface area contributed by atoms with Crippen LogP contribution in [0.2, 0.25) is 0 Å². The predicted octanol–water partition coefficient (Wildman–Crippen LogP) is 2.32. The largest absolute Gasteiger partial charge is 0.497 e. The summed E-state index contributed by atoms with van der Waals surface area (Å²) in [5.74, 6) is 8.64. The van der Waals surface area contributed by atoms with Crippen molar-refractivity contribution in [3.63, 3.8) is 0 Å². The van der Waals surface area contributed by atoms with Gasteiger partial charge in [-0.1, -0.05) is 0 Å². The zero-order chi connectivity index (χ0) is 14.8. The molecule has 1 aromatic heterocycles. The fourth-order valence-corrected chi connectivity index (χ4v) is 2.23. The minimum absolute atomic E-state index is 0.517. The molecule has 0 saturated heterocycles. The van der Waals surface area contributed by atoms with E-state index in [4.69, 9.17) is 15.3 Å². The fraction of sp³-hybridized carbons (Fsp3) is 0.333. The molecule has 0 atom stereocenters. The fourth-order valence-electron chi connectivity index (χ4n) is 2.23. The number of benzene rings is 1. The highest BCUT2D eigenvalue weighted by atomic mass is 16.5. The molecule has 6 nitrogen and oxygen atoms in total. The molecule has 1 heterocycles. The van der Waals surface area contributed by atoms with Crippen LogP contribution in [-0.2, 0) is 0 Å². The van der Waals surface area contributed by atoms with E-state index >= 15 is 0 Å². The average Bonchev–Trinajstić information content (AvgIpc) is 3.38. The van der Waals surface area contributed by atoms with E-state index in [1.807, 2.05) is 24.3 Å². The van der Waals surface area contributed by atoms with Crippen LogP contribution in [0.1, 0.15) is 24.5 Å². The van der Waals surface area contributed by atoms with Gasteiger partial charge in [-0.25, -0.2) is 15.8 Å². The Morgan fingerprint density at radius 3 is 2.57 bits per heavy atom. The summed E-state index contributed by atoms with van der Waals surface area (Å²) < 4.78 is 10.6. The molecular weight excluding hydrogens is 268 g/mol. The molecule has 0 radical (unpaired) electrons. The van der Waals surface area contributed by atoms with Gasteiger partial charge >= 0.3 is 0 Å². The molecule has 0 amide bonds. The van der Waals surface area contributed by atoms with Crippen LogP contribution < -0.4 is 20.7 Å². The van der Waals surface area contributed by atoms with Gasteiger partial charge in [0.2, 0.25) is 0 Å². The molecule has 0 aliphatic heterocycles. The van der Waals surface area contributed by atoms with Crippen LogP contribution in [0.25, 0.3) is 11.4 Å². The van der Waals surface area contributed by atoms with E-state index in [1.54, 1.807) is 14.2 Å². The molecule has 0 spiro atoms. The summed E-state index contributed by atoms with van der Waals surface area (Å²) in [6, 6.07) is 7.47. The molecule has 3 rings (SSSR count). The summed E-state index contributed by atoms with van der Waals surface area (Å²) in [7, 11) is 3.24. The minimum Gasteiger partial charge on any atom is -0.497 e. The molecule has 3 N–H and O–H groups in total. The molecule has 110 valence electrons. The highest BCUT2D eigenvalue weighted by Gasteiger charge is 2.26. The molecule has 1 aliphatic rings. The summed E-state index contributed by atoms with van der Waals surface area (Å²) >= 11 is 0. The van der Waals surface area contributed by atoms with E-state index in [9.17, 15) is 0 Å². The number of nitrogen functional groups attached to an aromatic ring is 1. The second-order valence-corrected chi connectivity index (χ2v) is 4.99. The van der Waals surface area contributed by atoms with E-state index in [1.165, 1.54) is 12.8 Å². The first-order chi connectivity index (χ1) is 10.2. The lowest BCUT2D eigenvalue weighted by molar-refractivity contribution is 0.395. The molecule has 21 heavy (non-hydrogen) atoms. The van der Waals surface area contributed by atoms with Gasteiger partial charge < -0.3 is 14.9 Å². The first-order valence-corrected chi connectivity index (χ1v) is 6.83. The molecule has 1 saturated carbocycles. The number of nitrogens with zero attached hydrogens (tertiary/aromatic N) is 2. The summed E-state index contributed by atoms with van der Waals surface area (Å²) in [5.41, 5.74) is 4.44. The lowest BCUT2D eigenvalue weighted by atomic mass is 10.1. The van der Waals surface area contributed by atoms with Gasteiger partial charge in [-0.3, -0.25) is 0 Å². The van der Waals surface area contributed by atoms with Crippen molar-refractivity contribution < 1.29 is 9.47 Å². The SMILES string of the molecule is COc1ccc(-c2nc(NN)cc(C3CC3)n2)c(OC)c1. The summed E-state index contributed by atoms with van der Waals surface area (Å²) in [5, 5.41) is 0. The van der Waals surface area contributed by atoms with E-state index < -0.39 is 0 Å². The first kappa shape index (κ1) is 13.6. The Kier molecular flexibility index (Phi) is 3.62. The number of aromatic nitrogens is 2. The van der Waals surface area contributed by atoms with Crippen molar-refractivity contribution >= 4 is 5.82 Å². The third-order valence-corrected chi connectivity index (χ3v) is 3.54. The van der Waals surface area contributed by atoms with Crippen LogP contribution in [0, 0.1) is 0 Å². The van der Waals surface area contributed by atoms with Crippen molar-refractivity contribution in [2.24, 2.45) is 5.84 Å². The Morgan fingerprint density at radius 1 is 1.14 bits per heavy atom.